The summed E-state index contributed by atoms with van der Waals surface area (Å²) in [6.45, 7) is 1.83. The van der Waals surface area contributed by atoms with Crippen molar-refractivity contribution in [3.8, 4) is 6.07 Å². The Hall–Kier alpha value is -2.33. The van der Waals surface area contributed by atoms with Gasteiger partial charge in [-0.15, -0.1) is 0 Å². The number of benzene rings is 1. The van der Waals surface area contributed by atoms with Crippen molar-refractivity contribution in [2.24, 2.45) is 7.05 Å². The van der Waals surface area contributed by atoms with E-state index < -0.39 is 10.0 Å². The van der Waals surface area contributed by atoms with Crippen LogP contribution in [0.15, 0.2) is 41.6 Å². The van der Waals surface area contributed by atoms with E-state index in [1.54, 1.807) is 42.8 Å². The summed E-state index contributed by atoms with van der Waals surface area (Å²) in [4.78, 5) is 4.09. The highest BCUT2D eigenvalue weighted by Gasteiger charge is 2.27. The second-order valence-electron chi connectivity index (χ2n) is 4.56. The topological polar surface area (TPSA) is 79.0 Å². The smallest absolute Gasteiger partial charge is 0.283 e. The number of sulfonamides is 1. The number of anilines is 1. The van der Waals surface area contributed by atoms with Gasteiger partial charge >= 0.3 is 0 Å². The summed E-state index contributed by atoms with van der Waals surface area (Å²) in [6, 6.07) is 10.7. The van der Waals surface area contributed by atoms with Crippen LogP contribution < -0.4 is 4.31 Å². The van der Waals surface area contributed by atoms with Crippen LogP contribution in [-0.2, 0) is 17.1 Å². The maximum atomic E-state index is 12.7. The van der Waals surface area contributed by atoms with Gasteiger partial charge in [-0.25, -0.2) is 4.98 Å². The van der Waals surface area contributed by atoms with Crippen LogP contribution in [0.25, 0.3) is 0 Å². The fourth-order valence-corrected chi connectivity index (χ4v) is 3.39. The molecule has 0 aliphatic rings. The van der Waals surface area contributed by atoms with Gasteiger partial charge in [0.05, 0.1) is 18.2 Å². The SMILES string of the molecule is Cc1nc(S(=O)(=O)N(CCC#N)c2ccccc2)cn1C. The molecule has 0 saturated carbocycles. The van der Waals surface area contributed by atoms with Gasteiger partial charge in [-0.1, -0.05) is 18.2 Å². The van der Waals surface area contributed by atoms with E-state index in [0.29, 0.717) is 11.5 Å². The number of hydrogen-bond donors (Lipinski definition) is 0. The van der Waals surface area contributed by atoms with Gasteiger partial charge in [0.1, 0.15) is 5.82 Å². The second-order valence-corrected chi connectivity index (χ2v) is 6.37. The molecule has 1 aromatic carbocycles. The number of nitriles is 1. The fourth-order valence-electron chi connectivity index (χ4n) is 1.90. The molecule has 1 aromatic heterocycles. The normalized spacial score (nSPS) is 11.1. The molecule has 0 amide bonds. The van der Waals surface area contributed by atoms with Crippen molar-refractivity contribution in [1.82, 2.24) is 9.55 Å². The number of nitrogens with zero attached hydrogens (tertiary/aromatic N) is 4. The lowest BCUT2D eigenvalue weighted by Gasteiger charge is -2.22. The van der Waals surface area contributed by atoms with Crippen molar-refractivity contribution in [2.75, 3.05) is 10.8 Å². The Morgan fingerprint density at radius 3 is 2.52 bits per heavy atom. The second kappa shape index (κ2) is 5.97. The molecule has 0 aliphatic heterocycles. The Morgan fingerprint density at radius 2 is 2.00 bits per heavy atom. The number of imidazole rings is 1. The first-order valence-electron chi connectivity index (χ1n) is 6.41. The molecule has 2 rings (SSSR count). The molecule has 0 spiro atoms. The molecule has 7 heteroatoms. The largest absolute Gasteiger partial charge is 0.337 e. The molecule has 0 fully saturated rings. The third kappa shape index (κ3) is 3.06. The molecular weight excluding hydrogens is 288 g/mol. The van der Waals surface area contributed by atoms with Crippen LogP contribution in [0.5, 0.6) is 0 Å². The molecule has 1 heterocycles. The van der Waals surface area contributed by atoms with Crippen molar-refractivity contribution in [3.63, 3.8) is 0 Å². The van der Waals surface area contributed by atoms with E-state index in [9.17, 15) is 8.42 Å². The first-order chi connectivity index (χ1) is 9.96. The highest BCUT2D eigenvalue weighted by atomic mass is 32.2. The zero-order valence-corrected chi connectivity index (χ0v) is 12.7. The minimum Gasteiger partial charge on any atom is -0.337 e. The van der Waals surface area contributed by atoms with Crippen molar-refractivity contribution < 1.29 is 8.42 Å². The lowest BCUT2D eigenvalue weighted by Crippen LogP contribution is -2.32. The predicted molar refractivity (Wildman–Crippen MR) is 79.1 cm³/mol. The molecule has 2 aromatic rings. The highest BCUT2D eigenvalue weighted by Crippen LogP contribution is 2.23. The summed E-state index contributed by atoms with van der Waals surface area (Å²) in [5.74, 6) is 0.613. The average Bonchev–Trinajstić information content (AvgIpc) is 2.81. The van der Waals surface area contributed by atoms with E-state index in [2.05, 4.69) is 4.98 Å². The van der Waals surface area contributed by atoms with Crippen LogP contribution >= 0.6 is 0 Å². The molecule has 0 aliphatic carbocycles. The van der Waals surface area contributed by atoms with Crippen LogP contribution in [0, 0.1) is 18.3 Å². The minimum atomic E-state index is -3.78. The van der Waals surface area contributed by atoms with Crippen LogP contribution in [0.1, 0.15) is 12.2 Å². The van der Waals surface area contributed by atoms with E-state index in [-0.39, 0.29) is 18.0 Å². The predicted octanol–water partition coefficient (Wildman–Crippen LogP) is 1.84. The first-order valence-corrected chi connectivity index (χ1v) is 7.85. The summed E-state index contributed by atoms with van der Waals surface area (Å²) in [5, 5.41) is 8.75. The number of aryl methyl sites for hydroxylation is 2. The summed E-state index contributed by atoms with van der Waals surface area (Å²) >= 11 is 0. The highest BCUT2D eigenvalue weighted by molar-refractivity contribution is 7.92. The molecule has 0 bridgehead atoms. The van der Waals surface area contributed by atoms with Gasteiger partial charge in [0.2, 0.25) is 0 Å². The standard InChI is InChI=1S/C14H16N4O2S/c1-12-16-14(11-17(12)2)21(19,20)18(10-6-9-15)13-7-4-3-5-8-13/h3-5,7-8,11H,6,10H2,1-2H3. The average molecular weight is 304 g/mol. The van der Waals surface area contributed by atoms with E-state index >= 15 is 0 Å². The maximum absolute atomic E-state index is 12.7. The molecule has 0 unspecified atom stereocenters. The summed E-state index contributed by atoms with van der Waals surface area (Å²) in [6.07, 6.45) is 1.59. The van der Waals surface area contributed by atoms with Crippen LogP contribution in [0.4, 0.5) is 5.69 Å². The Bertz CT molecular complexity index is 741. The van der Waals surface area contributed by atoms with Crippen LogP contribution in [0.3, 0.4) is 0 Å². The van der Waals surface area contributed by atoms with Crippen LogP contribution in [0.2, 0.25) is 0 Å². The quantitative estimate of drug-likeness (QED) is 0.844. The Kier molecular flexibility index (Phi) is 4.29. The van der Waals surface area contributed by atoms with Crippen molar-refractivity contribution >= 4 is 15.7 Å². The van der Waals surface area contributed by atoms with Gasteiger partial charge < -0.3 is 4.57 Å². The Balaban J connectivity index is 2.47. The first kappa shape index (κ1) is 15.1. The third-order valence-corrected chi connectivity index (χ3v) is 4.81. The van der Waals surface area contributed by atoms with Gasteiger partial charge in [0.15, 0.2) is 5.03 Å². The van der Waals surface area contributed by atoms with Gasteiger partial charge in [-0.05, 0) is 19.1 Å². The van der Waals surface area contributed by atoms with Gasteiger partial charge in [-0.3, -0.25) is 4.31 Å². The van der Waals surface area contributed by atoms with E-state index in [0.717, 1.165) is 0 Å². The third-order valence-electron chi connectivity index (χ3n) is 3.11. The minimum absolute atomic E-state index is 0.00991. The van der Waals surface area contributed by atoms with Gasteiger partial charge in [-0.2, -0.15) is 13.7 Å². The fraction of sp³-hybridized carbons (Fsp3) is 0.286. The summed E-state index contributed by atoms with van der Waals surface area (Å²) in [5.41, 5.74) is 0.524. The zero-order valence-electron chi connectivity index (χ0n) is 11.9. The summed E-state index contributed by atoms with van der Waals surface area (Å²) in [7, 11) is -2.04. The van der Waals surface area contributed by atoms with Crippen molar-refractivity contribution in [1.29, 1.82) is 5.26 Å². The molecule has 0 radical (unpaired) electrons. The monoisotopic (exact) mass is 304 g/mol. The number of rotatable bonds is 5. The molecule has 110 valence electrons. The maximum Gasteiger partial charge on any atom is 0.283 e. The number of aromatic nitrogens is 2. The zero-order chi connectivity index (χ0) is 15.5. The number of para-hydroxylation sites is 1. The molecule has 6 nitrogen and oxygen atoms in total. The van der Waals surface area contributed by atoms with Gasteiger partial charge in [0.25, 0.3) is 10.0 Å². The van der Waals surface area contributed by atoms with Crippen molar-refractivity contribution in [3.05, 3.63) is 42.4 Å². The Morgan fingerprint density at radius 1 is 1.33 bits per heavy atom. The molecule has 0 saturated heterocycles. The summed E-state index contributed by atoms with van der Waals surface area (Å²) < 4.78 is 28.4. The lowest BCUT2D eigenvalue weighted by atomic mass is 10.3. The van der Waals surface area contributed by atoms with E-state index in [4.69, 9.17) is 5.26 Å². The van der Waals surface area contributed by atoms with Crippen LogP contribution in [-0.4, -0.2) is 24.5 Å². The molecular formula is C14H16N4O2S. The Labute approximate surface area is 124 Å². The molecule has 21 heavy (non-hydrogen) atoms. The number of hydrogen-bond acceptors (Lipinski definition) is 4. The lowest BCUT2D eigenvalue weighted by molar-refractivity contribution is 0.587. The van der Waals surface area contributed by atoms with E-state index in [1.807, 2.05) is 12.1 Å². The van der Waals surface area contributed by atoms with Crippen molar-refractivity contribution in [2.45, 2.75) is 18.4 Å². The molecule has 0 atom stereocenters. The molecule has 0 N–H and O–H groups in total. The van der Waals surface area contributed by atoms with E-state index in [1.165, 1.54) is 10.5 Å². The van der Waals surface area contributed by atoms with Gasteiger partial charge in [0, 0.05) is 19.8 Å².